The average Bonchev–Trinajstić information content (AvgIpc) is 3.57. The van der Waals surface area contributed by atoms with Crippen molar-refractivity contribution in [1.29, 1.82) is 0 Å². The molecule has 1 aliphatic carbocycles. The number of nitrogens with one attached hydrogen (secondary N) is 2. The Morgan fingerprint density at radius 2 is 1.97 bits per heavy atom. The van der Waals surface area contributed by atoms with E-state index in [9.17, 15) is 9.59 Å². The average molecular weight is 461 g/mol. The van der Waals surface area contributed by atoms with Gasteiger partial charge in [0.05, 0.1) is 11.7 Å². The molecule has 1 saturated carbocycles. The van der Waals surface area contributed by atoms with E-state index in [1.54, 1.807) is 37.3 Å². The molecular weight excluding hydrogens is 420 g/mol. The second-order valence-electron chi connectivity index (χ2n) is 9.96. The summed E-state index contributed by atoms with van der Waals surface area (Å²) in [5.41, 5.74) is 0.980. The van der Waals surface area contributed by atoms with Crippen molar-refractivity contribution in [2.75, 3.05) is 45.7 Å². The van der Waals surface area contributed by atoms with Crippen molar-refractivity contribution in [2.24, 2.45) is 11.8 Å². The number of carbonyl (C=O) groups is 2. The van der Waals surface area contributed by atoms with E-state index in [1.165, 1.54) is 12.8 Å². The lowest BCUT2D eigenvalue weighted by molar-refractivity contribution is 0.00994. The number of likely N-dealkylation sites (N-methyl/N-ethyl adjacent to an activating group) is 1. The van der Waals surface area contributed by atoms with Crippen LogP contribution in [0.4, 0.5) is 10.5 Å². The second-order valence-corrected chi connectivity index (χ2v) is 9.96. The lowest BCUT2D eigenvalue weighted by atomic mass is 10.0. The van der Waals surface area contributed by atoms with Crippen molar-refractivity contribution in [2.45, 2.75) is 58.7 Å². The first-order chi connectivity index (χ1) is 15.7. The molecule has 0 radical (unpaired) electrons. The van der Waals surface area contributed by atoms with Gasteiger partial charge in [0.1, 0.15) is 12.4 Å². The Bertz CT molecular complexity index is 827. The molecule has 33 heavy (non-hydrogen) atoms. The van der Waals surface area contributed by atoms with E-state index in [0.717, 1.165) is 19.0 Å². The first kappa shape index (κ1) is 25.3. The Hall–Kier alpha value is -2.32. The molecule has 0 aromatic heterocycles. The highest BCUT2D eigenvalue weighted by molar-refractivity contribution is 5.99. The minimum atomic E-state index is -0.308. The summed E-state index contributed by atoms with van der Waals surface area (Å²) in [7, 11) is 3.50. The molecule has 1 heterocycles. The third-order valence-electron chi connectivity index (χ3n) is 6.44. The standard InChI is InChI=1S/C25H40N4O4/c1-16(2)26-25(31)27-20-9-10-22-21(11-20)24(30)28(5)14-23(32-6)17(3)12-29(13-19-7-8-19)18(4)15-33-22/h9-11,16-19,23H,7-8,12-15H2,1-6H3,(H2,26,27,31)/t17-,18+,23+/m0/s1. The van der Waals surface area contributed by atoms with Gasteiger partial charge in [-0.2, -0.15) is 0 Å². The number of nitrogens with zero attached hydrogens (tertiary/aromatic N) is 2. The molecule has 184 valence electrons. The van der Waals surface area contributed by atoms with Crippen LogP contribution in [0.15, 0.2) is 18.2 Å². The molecule has 2 aliphatic rings. The van der Waals surface area contributed by atoms with E-state index in [0.29, 0.717) is 30.2 Å². The number of rotatable bonds is 5. The fourth-order valence-corrected chi connectivity index (χ4v) is 4.25. The number of carbonyl (C=O) groups excluding carboxylic acids is 2. The molecule has 1 aromatic rings. The minimum absolute atomic E-state index is 0.0124. The van der Waals surface area contributed by atoms with Crippen LogP contribution in [0.1, 0.15) is 50.9 Å². The summed E-state index contributed by atoms with van der Waals surface area (Å²) in [6.45, 7) is 11.1. The number of amides is 3. The fraction of sp³-hybridized carbons (Fsp3) is 0.680. The first-order valence-electron chi connectivity index (χ1n) is 12.0. The van der Waals surface area contributed by atoms with Crippen LogP contribution in [0.3, 0.4) is 0 Å². The quantitative estimate of drug-likeness (QED) is 0.703. The van der Waals surface area contributed by atoms with Gasteiger partial charge in [0.15, 0.2) is 0 Å². The van der Waals surface area contributed by atoms with Crippen LogP contribution < -0.4 is 15.4 Å². The summed E-state index contributed by atoms with van der Waals surface area (Å²) in [5.74, 6) is 1.41. The van der Waals surface area contributed by atoms with Crippen molar-refractivity contribution in [1.82, 2.24) is 15.1 Å². The van der Waals surface area contributed by atoms with Gasteiger partial charge in [0.25, 0.3) is 5.91 Å². The molecular formula is C25H40N4O4. The normalized spacial score (nSPS) is 25.0. The van der Waals surface area contributed by atoms with Crippen molar-refractivity contribution in [3.8, 4) is 5.75 Å². The summed E-state index contributed by atoms with van der Waals surface area (Å²) in [4.78, 5) is 29.7. The molecule has 0 bridgehead atoms. The zero-order chi connectivity index (χ0) is 24.1. The summed E-state index contributed by atoms with van der Waals surface area (Å²) in [5, 5.41) is 5.61. The number of anilines is 1. The smallest absolute Gasteiger partial charge is 0.319 e. The first-order valence-corrected chi connectivity index (χ1v) is 12.0. The van der Waals surface area contributed by atoms with E-state index in [1.807, 2.05) is 13.8 Å². The predicted octanol–water partition coefficient (Wildman–Crippen LogP) is 3.43. The summed E-state index contributed by atoms with van der Waals surface area (Å²) >= 11 is 0. The lowest BCUT2D eigenvalue weighted by Gasteiger charge is -2.36. The zero-order valence-electron chi connectivity index (χ0n) is 20.9. The van der Waals surface area contributed by atoms with Gasteiger partial charge in [-0.05, 0) is 63.6 Å². The number of urea groups is 1. The maximum atomic E-state index is 13.4. The Balaban J connectivity index is 1.88. The van der Waals surface area contributed by atoms with Gasteiger partial charge in [-0.3, -0.25) is 9.69 Å². The Morgan fingerprint density at radius 1 is 1.24 bits per heavy atom. The van der Waals surface area contributed by atoms with Crippen LogP contribution in [0.5, 0.6) is 5.75 Å². The van der Waals surface area contributed by atoms with E-state index in [4.69, 9.17) is 9.47 Å². The third-order valence-corrected chi connectivity index (χ3v) is 6.44. The zero-order valence-corrected chi connectivity index (χ0v) is 20.9. The summed E-state index contributed by atoms with van der Waals surface area (Å²) in [6, 6.07) is 5.14. The molecule has 2 N–H and O–H groups in total. The molecule has 3 rings (SSSR count). The van der Waals surface area contributed by atoms with Gasteiger partial charge in [0, 0.05) is 51.6 Å². The third kappa shape index (κ3) is 7.08. The lowest BCUT2D eigenvalue weighted by Crippen LogP contribution is -2.47. The number of benzene rings is 1. The van der Waals surface area contributed by atoms with Crippen molar-refractivity contribution in [3.63, 3.8) is 0 Å². The molecule has 1 aromatic carbocycles. The van der Waals surface area contributed by atoms with E-state index in [-0.39, 0.29) is 36.0 Å². The molecule has 3 amide bonds. The molecule has 0 spiro atoms. The molecule has 8 heteroatoms. The van der Waals surface area contributed by atoms with E-state index in [2.05, 4.69) is 29.4 Å². The number of fused-ring (bicyclic) bond motifs is 1. The van der Waals surface area contributed by atoms with Crippen LogP contribution in [0.25, 0.3) is 0 Å². The molecule has 0 saturated heterocycles. The van der Waals surface area contributed by atoms with Gasteiger partial charge >= 0.3 is 6.03 Å². The molecule has 3 atom stereocenters. The van der Waals surface area contributed by atoms with Crippen molar-refractivity contribution >= 4 is 17.6 Å². The summed E-state index contributed by atoms with van der Waals surface area (Å²) < 4.78 is 12.0. The van der Waals surface area contributed by atoms with Crippen LogP contribution in [-0.4, -0.2) is 80.3 Å². The fourth-order valence-electron chi connectivity index (χ4n) is 4.25. The highest BCUT2D eigenvalue weighted by atomic mass is 16.5. The topological polar surface area (TPSA) is 83.1 Å². The number of methoxy groups -OCH3 is 1. The molecule has 8 nitrogen and oxygen atoms in total. The minimum Gasteiger partial charge on any atom is -0.491 e. The number of ether oxygens (including phenoxy) is 2. The predicted molar refractivity (Wildman–Crippen MR) is 130 cm³/mol. The Morgan fingerprint density at radius 3 is 2.61 bits per heavy atom. The monoisotopic (exact) mass is 460 g/mol. The highest BCUT2D eigenvalue weighted by Crippen LogP contribution is 2.31. The van der Waals surface area contributed by atoms with Gasteiger partial charge < -0.3 is 25.0 Å². The Kier molecular flexibility index (Phi) is 8.59. The van der Waals surface area contributed by atoms with E-state index < -0.39 is 0 Å². The second kappa shape index (κ2) is 11.2. The van der Waals surface area contributed by atoms with Crippen LogP contribution in [0, 0.1) is 11.8 Å². The van der Waals surface area contributed by atoms with Crippen LogP contribution >= 0.6 is 0 Å². The molecule has 1 aliphatic heterocycles. The van der Waals surface area contributed by atoms with E-state index >= 15 is 0 Å². The van der Waals surface area contributed by atoms with Gasteiger partial charge in [0.2, 0.25) is 0 Å². The van der Waals surface area contributed by atoms with Gasteiger partial charge in [-0.1, -0.05) is 6.92 Å². The summed E-state index contributed by atoms with van der Waals surface area (Å²) in [6.07, 6.45) is 2.52. The highest BCUT2D eigenvalue weighted by Gasteiger charge is 2.31. The van der Waals surface area contributed by atoms with Crippen LogP contribution in [-0.2, 0) is 4.74 Å². The van der Waals surface area contributed by atoms with Crippen LogP contribution in [0.2, 0.25) is 0 Å². The van der Waals surface area contributed by atoms with Gasteiger partial charge in [-0.25, -0.2) is 4.79 Å². The maximum Gasteiger partial charge on any atom is 0.319 e. The Labute approximate surface area is 198 Å². The SMILES string of the molecule is CO[C@@H]1CN(C)C(=O)c2cc(NC(=O)NC(C)C)ccc2OC[C@@H](C)N(CC2CC2)C[C@@H]1C. The molecule has 0 unspecified atom stereocenters. The van der Waals surface area contributed by atoms with Crippen molar-refractivity contribution in [3.05, 3.63) is 23.8 Å². The van der Waals surface area contributed by atoms with Crippen molar-refractivity contribution < 1.29 is 19.1 Å². The number of hydrogen-bond acceptors (Lipinski definition) is 5. The largest absolute Gasteiger partial charge is 0.491 e. The molecule has 1 fully saturated rings. The van der Waals surface area contributed by atoms with Gasteiger partial charge in [-0.15, -0.1) is 0 Å². The number of hydrogen-bond donors (Lipinski definition) is 2. The maximum absolute atomic E-state index is 13.4.